The quantitative estimate of drug-likeness (QED) is 0.812. The Morgan fingerprint density at radius 3 is 2.68 bits per heavy atom. The first-order valence-electron chi connectivity index (χ1n) is 7.56. The summed E-state index contributed by atoms with van der Waals surface area (Å²) in [6.45, 7) is 7.40. The van der Waals surface area contributed by atoms with E-state index in [1.165, 1.54) is 22.5 Å². The molecular weight excluding hydrogens is 296 g/mol. The van der Waals surface area contributed by atoms with Gasteiger partial charge in [-0.15, -0.1) is 11.3 Å². The van der Waals surface area contributed by atoms with Gasteiger partial charge in [-0.05, 0) is 24.2 Å². The van der Waals surface area contributed by atoms with E-state index in [9.17, 15) is 4.79 Å². The average Bonchev–Trinajstić information content (AvgIpc) is 2.91. The first-order chi connectivity index (χ1) is 10.6. The van der Waals surface area contributed by atoms with Crippen molar-refractivity contribution < 1.29 is 9.90 Å². The van der Waals surface area contributed by atoms with Crippen LogP contribution in [-0.4, -0.2) is 34.0 Å². The van der Waals surface area contributed by atoms with Crippen LogP contribution in [0.3, 0.4) is 0 Å². The Kier molecular flexibility index (Phi) is 6.10. The van der Waals surface area contributed by atoms with Gasteiger partial charge in [0.05, 0.1) is 17.1 Å². The van der Waals surface area contributed by atoms with E-state index in [1.807, 2.05) is 5.38 Å². The molecule has 0 saturated heterocycles. The number of aliphatic carboxylic acids is 1. The third kappa shape index (κ3) is 4.93. The van der Waals surface area contributed by atoms with Gasteiger partial charge in [-0.2, -0.15) is 0 Å². The van der Waals surface area contributed by atoms with Gasteiger partial charge in [-0.25, -0.2) is 4.98 Å². The van der Waals surface area contributed by atoms with Crippen LogP contribution in [0.5, 0.6) is 0 Å². The molecule has 0 unspecified atom stereocenters. The predicted octanol–water partition coefficient (Wildman–Crippen LogP) is 3.20. The number of hydrogen-bond acceptors (Lipinski definition) is 4. The molecule has 2 aromatic rings. The largest absolute Gasteiger partial charge is 0.481 e. The zero-order chi connectivity index (χ0) is 15.9. The summed E-state index contributed by atoms with van der Waals surface area (Å²) in [5, 5.41) is 11.6. The highest BCUT2D eigenvalue weighted by Gasteiger charge is 2.08. The molecule has 5 heteroatoms. The maximum Gasteiger partial charge on any atom is 0.309 e. The van der Waals surface area contributed by atoms with E-state index in [4.69, 9.17) is 5.11 Å². The Balaban J connectivity index is 2.03. The highest BCUT2D eigenvalue weighted by molar-refractivity contribution is 7.09. The van der Waals surface area contributed by atoms with Crippen molar-refractivity contribution in [2.45, 2.75) is 33.2 Å². The van der Waals surface area contributed by atoms with Gasteiger partial charge in [0.1, 0.15) is 0 Å². The van der Waals surface area contributed by atoms with E-state index < -0.39 is 5.97 Å². The van der Waals surface area contributed by atoms with Gasteiger partial charge < -0.3 is 5.11 Å². The van der Waals surface area contributed by atoms with Crippen molar-refractivity contribution in [2.75, 3.05) is 13.1 Å². The van der Waals surface area contributed by atoms with Crippen LogP contribution in [0.15, 0.2) is 29.6 Å². The zero-order valence-electron chi connectivity index (χ0n) is 13.1. The third-order valence-electron chi connectivity index (χ3n) is 3.58. The summed E-state index contributed by atoms with van der Waals surface area (Å²) in [7, 11) is 0. The molecule has 0 aliphatic rings. The molecule has 0 atom stereocenters. The summed E-state index contributed by atoms with van der Waals surface area (Å²) < 4.78 is 0. The lowest BCUT2D eigenvalue weighted by atomic mass is 10.1. The number of carboxylic acids is 1. The number of aromatic nitrogens is 1. The van der Waals surface area contributed by atoms with Gasteiger partial charge in [0.25, 0.3) is 0 Å². The SMILES string of the molecule is CCN(CC)Cc1cccc(Cc2nc(CC(=O)O)cs2)c1. The topological polar surface area (TPSA) is 53.4 Å². The predicted molar refractivity (Wildman–Crippen MR) is 89.3 cm³/mol. The fourth-order valence-corrected chi connectivity index (χ4v) is 3.21. The highest BCUT2D eigenvalue weighted by atomic mass is 32.1. The lowest BCUT2D eigenvalue weighted by molar-refractivity contribution is -0.136. The minimum atomic E-state index is -0.835. The van der Waals surface area contributed by atoms with Crippen LogP contribution < -0.4 is 0 Å². The van der Waals surface area contributed by atoms with Crippen molar-refractivity contribution in [3.63, 3.8) is 0 Å². The highest BCUT2D eigenvalue weighted by Crippen LogP contribution is 2.17. The molecule has 0 aliphatic carbocycles. The normalized spacial score (nSPS) is 11.0. The molecule has 0 saturated carbocycles. The van der Waals surface area contributed by atoms with Crippen molar-refractivity contribution >= 4 is 17.3 Å². The Labute approximate surface area is 135 Å². The molecule has 0 amide bonds. The van der Waals surface area contributed by atoms with Crippen molar-refractivity contribution in [1.82, 2.24) is 9.88 Å². The van der Waals surface area contributed by atoms with E-state index in [0.717, 1.165) is 31.1 Å². The average molecular weight is 318 g/mol. The molecule has 4 nitrogen and oxygen atoms in total. The lowest BCUT2D eigenvalue weighted by Gasteiger charge is -2.18. The number of thiazole rings is 1. The van der Waals surface area contributed by atoms with E-state index in [-0.39, 0.29) is 6.42 Å². The van der Waals surface area contributed by atoms with Crippen LogP contribution in [0.25, 0.3) is 0 Å². The summed E-state index contributed by atoms with van der Waals surface area (Å²) in [6.07, 6.45) is 0.759. The number of benzene rings is 1. The Morgan fingerprint density at radius 1 is 1.27 bits per heavy atom. The van der Waals surface area contributed by atoms with Gasteiger partial charge in [0.2, 0.25) is 0 Å². The molecular formula is C17H22N2O2S. The Morgan fingerprint density at radius 2 is 2.00 bits per heavy atom. The van der Waals surface area contributed by atoms with Crippen LogP contribution >= 0.6 is 11.3 Å². The molecule has 2 rings (SSSR count). The zero-order valence-corrected chi connectivity index (χ0v) is 13.9. The third-order valence-corrected chi connectivity index (χ3v) is 4.48. The molecule has 1 aromatic carbocycles. The summed E-state index contributed by atoms with van der Waals surface area (Å²) >= 11 is 1.53. The molecule has 1 aromatic heterocycles. The minimum Gasteiger partial charge on any atom is -0.481 e. The second kappa shape index (κ2) is 8.06. The van der Waals surface area contributed by atoms with Crippen LogP contribution in [0.4, 0.5) is 0 Å². The molecule has 1 N–H and O–H groups in total. The van der Waals surface area contributed by atoms with E-state index in [1.54, 1.807) is 0 Å². The van der Waals surface area contributed by atoms with Crippen molar-refractivity contribution in [1.29, 1.82) is 0 Å². The molecule has 1 heterocycles. The smallest absolute Gasteiger partial charge is 0.309 e. The summed E-state index contributed by atoms with van der Waals surface area (Å²) in [4.78, 5) is 17.5. The minimum absolute atomic E-state index is 0.00149. The Bertz CT molecular complexity index is 621. The van der Waals surface area contributed by atoms with Gasteiger partial charge in [-0.3, -0.25) is 9.69 Å². The van der Waals surface area contributed by atoms with Gasteiger partial charge in [-0.1, -0.05) is 38.1 Å². The molecule has 0 fully saturated rings. The number of carboxylic acid groups (broad SMARTS) is 1. The fourth-order valence-electron chi connectivity index (χ4n) is 2.38. The van der Waals surface area contributed by atoms with Crippen LogP contribution in [0.2, 0.25) is 0 Å². The lowest BCUT2D eigenvalue weighted by Crippen LogP contribution is -2.22. The van der Waals surface area contributed by atoms with E-state index >= 15 is 0 Å². The first kappa shape index (κ1) is 16.6. The molecule has 0 spiro atoms. The van der Waals surface area contributed by atoms with Crippen molar-refractivity contribution in [3.8, 4) is 0 Å². The second-order valence-corrected chi connectivity index (χ2v) is 6.20. The first-order valence-corrected chi connectivity index (χ1v) is 8.44. The molecule has 0 aliphatic heterocycles. The van der Waals surface area contributed by atoms with Crippen molar-refractivity contribution in [2.24, 2.45) is 0 Å². The molecule has 0 bridgehead atoms. The number of carbonyl (C=O) groups is 1. The summed E-state index contributed by atoms with van der Waals surface area (Å²) in [6, 6.07) is 8.56. The van der Waals surface area contributed by atoms with E-state index in [2.05, 4.69) is 48.0 Å². The van der Waals surface area contributed by atoms with E-state index in [0.29, 0.717) is 5.69 Å². The van der Waals surface area contributed by atoms with Crippen LogP contribution in [0.1, 0.15) is 35.7 Å². The number of hydrogen-bond donors (Lipinski definition) is 1. The van der Waals surface area contributed by atoms with Gasteiger partial charge in [0.15, 0.2) is 0 Å². The number of nitrogens with zero attached hydrogens (tertiary/aromatic N) is 2. The maximum atomic E-state index is 10.7. The second-order valence-electron chi connectivity index (χ2n) is 5.26. The molecule has 22 heavy (non-hydrogen) atoms. The molecule has 118 valence electrons. The fraction of sp³-hybridized carbons (Fsp3) is 0.412. The molecule has 0 radical (unpaired) electrons. The van der Waals surface area contributed by atoms with Crippen LogP contribution in [0, 0.1) is 0 Å². The van der Waals surface area contributed by atoms with Crippen molar-refractivity contribution in [3.05, 3.63) is 51.5 Å². The maximum absolute atomic E-state index is 10.7. The van der Waals surface area contributed by atoms with Gasteiger partial charge in [0, 0.05) is 18.3 Å². The monoisotopic (exact) mass is 318 g/mol. The summed E-state index contributed by atoms with van der Waals surface area (Å²) in [5.74, 6) is -0.835. The summed E-state index contributed by atoms with van der Waals surface area (Å²) in [5.41, 5.74) is 3.18. The standard InChI is InChI=1S/C17H22N2O2S/c1-3-19(4-2)11-14-7-5-6-13(8-14)9-16-18-15(12-22-16)10-17(20)21/h5-8,12H,3-4,9-11H2,1-2H3,(H,20,21). The number of rotatable bonds is 8. The van der Waals surface area contributed by atoms with Crippen LogP contribution in [-0.2, 0) is 24.2 Å². The Hall–Kier alpha value is -1.72. The van der Waals surface area contributed by atoms with Gasteiger partial charge >= 0.3 is 5.97 Å².